The molecule has 1 aliphatic rings. The number of hydrogen-bond acceptors (Lipinski definition) is 3. The van der Waals surface area contributed by atoms with E-state index < -0.39 is 10.0 Å². The van der Waals surface area contributed by atoms with Gasteiger partial charge in [-0.15, -0.1) is 11.3 Å². The zero-order valence-corrected chi connectivity index (χ0v) is 14.4. The van der Waals surface area contributed by atoms with E-state index in [2.05, 4.69) is 22.9 Å². The van der Waals surface area contributed by atoms with Crippen molar-refractivity contribution in [1.29, 1.82) is 0 Å². The molecular formula is C13H20BrNO2S2. The zero-order valence-electron chi connectivity index (χ0n) is 11.1. The van der Waals surface area contributed by atoms with Crippen LogP contribution in [0.25, 0.3) is 0 Å². The molecule has 2 heterocycles. The molecule has 0 N–H and O–H groups in total. The van der Waals surface area contributed by atoms with Gasteiger partial charge in [0.1, 0.15) is 4.21 Å². The van der Waals surface area contributed by atoms with Crippen molar-refractivity contribution in [2.24, 2.45) is 0 Å². The summed E-state index contributed by atoms with van der Waals surface area (Å²) in [5.41, 5.74) is 0. The summed E-state index contributed by atoms with van der Waals surface area (Å²) in [4.78, 5) is 1.13. The van der Waals surface area contributed by atoms with Crippen molar-refractivity contribution in [3.63, 3.8) is 0 Å². The van der Waals surface area contributed by atoms with Crippen molar-refractivity contribution < 1.29 is 8.42 Å². The Balaban J connectivity index is 2.30. The van der Waals surface area contributed by atoms with Crippen LogP contribution in [-0.2, 0) is 16.4 Å². The molecule has 0 amide bonds. The summed E-state index contributed by atoms with van der Waals surface area (Å²) < 4.78 is 27.7. The van der Waals surface area contributed by atoms with E-state index in [4.69, 9.17) is 0 Å². The summed E-state index contributed by atoms with van der Waals surface area (Å²) in [5, 5.41) is 0.720. The summed E-state index contributed by atoms with van der Waals surface area (Å²) in [7, 11) is -3.31. The predicted octanol–water partition coefficient (Wildman–Crippen LogP) is 3.64. The minimum Gasteiger partial charge on any atom is -0.206 e. The molecule has 108 valence electrons. The van der Waals surface area contributed by atoms with Crippen LogP contribution in [0.15, 0.2) is 16.3 Å². The molecule has 3 nitrogen and oxygen atoms in total. The third kappa shape index (κ3) is 3.40. The van der Waals surface area contributed by atoms with Crippen LogP contribution < -0.4 is 0 Å². The Morgan fingerprint density at radius 3 is 2.79 bits per heavy atom. The molecule has 1 fully saturated rings. The van der Waals surface area contributed by atoms with Gasteiger partial charge in [0, 0.05) is 22.8 Å². The van der Waals surface area contributed by atoms with E-state index in [0.29, 0.717) is 10.8 Å². The molecule has 0 spiro atoms. The molecule has 1 aromatic rings. The van der Waals surface area contributed by atoms with Crippen LogP contribution in [0.2, 0.25) is 0 Å². The molecule has 19 heavy (non-hydrogen) atoms. The second kappa shape index (κ2) is 6.70. The highest BCUT2D eigenvalue weighted by atomic mass is 79.9. The Morgan fingerprint density at radius 2 is 2.16 bits per heavy atom. The lowest BCUT2D eigenvalue weighted by atomic mass is 10.1. The Labute approximate surface area is 128 Å². The van der Waals surface area contributed by atoms with Gasteiger partial charge in [-0.05, 0) is 31.4 Å². The van der Waals surface area contributed by atoms with Crippen LogP contribution in [0.3, 0.4) is 0 Å². The molecule has 0 aliphatic carbocycles. The Bertz CT molecular complexity index is 512. The van der Waals surface area contributed by atoms with Gasteiger partial charge in [0.15, 0.2) is 0 Å². The molecule has 2 rings (SSSR count). The van der Waals surface area contributed by atoms with Gasteiger partial charge in [-0.2, -0.15) is 4.31 Å². The third-order valence-corrected chi connectivity index (χ3v) is 7.95. The number of hydrogen-bond donors (Lipinski definition) is 0. The summed E-state index contributed by atoms with van der Waals surface area (Å²) in [6, 6.07) is 3.78. The van der Waals surface area contributed by atoms with Gasteiger partial charge in [-0.3, -0.25) is 0 Å². The van der Waals surface area contributed by atoms with Crippen LogP contribution >= 0.6 is 27.3 Å². The summed E-state index contributed by atoms with van der Waals surface area (Å²) >= 11 is 4.88. The molecule has 1 saturated heterocycles. The van der Waals surface area contributed by atoms with E-state index in [9.17, 15) is 8.42 Å². The maximum Gasteiger partial charge on any atom is 0.252 e. The lowest BCUT2D eigenvalue weighted by Crippen LogP contribution is -2.40. The zero-order chi connectivity index (χ0) is 13.9. The average Bonchev–Trinajstić information content (AvgIpc) is 2.76. The predicted molar refractivity (Wildman–Crippen MR) is 83.6 cm³/mol. The fourth-order valence-electron chi connectivity index (χ4n) is 2.42. The van der Waals surface area contributed by atoms with E-state index >= 15 is 0 Å². The normalized spacial score (nSPS) is 22.3. The number of alkyl halides is 1. The SMILES string of the molecule is CCc1ccc(S(=O)(=O)N2CCCCCC2CBr)s1. The van der Waals surface area contributed by atoms with Crippen molar-refractivity contribution in [2.75, 3.05) is 11.9 Å². The first-order valence-electron chi connectivity index (χ1n) is 6.76. The van der Waals surface area contributed by atoms with E-state index in [-0.39, 0.29) is 6.04 Å². The second-order valence-electron chi connectivity index (χ2n) is 4.85. The van der Waals surface area contributed by atoms with Crippen molar-refractivity contribution in [1.82, 2.24) is 4.31 Å². The number of rotatable bonds is 4. The average molecular weight is 366 g/mol. The van der Waals surface area contributed by atoms with Crippen molar-refractivity contribution in [3.8, 4) is 0 Å². The summed E-state index contributed by atoms with van der Waals surface area (Å²) in [6.45, 7) is 2.70. The molecule has 1 atom stereocenters. The Hall–Kier alpha value is 0.0900. The summed E-state index contributed by atoms with van der Waals surface area (Å²) in [6.07, 6.45) is 5.06. The van der Waals surface area contributed by atoms with Crippen LogP contribution in [-0.4, -0.2) is 30.6 Å². The number of sulfonamides is 1. The minimum atomic E-state index is -3.31. The molecule has 0 radical (unpaired) electrons. The highest BCUT2D eigenvalue weighted by molar-refractivity contribution is 9.09. The minimum absolute atomic E-state index is 0.0969. The lowest BCUT2D eigenvalue weighted by molar-refractivity contribution is 0.348. The third-order valence-electron chi connectivity index (χ3n) is 3.55. The van der Waals surface area contributed by atoms with Gasteiger partial charge < -0.3 is 0 Å². The first-order valence-corrected chi connectivity index (χ1v) is 10.1. The standard InChI is InChI=1S/C13H20BrNO2S2/c1-2-12-7-8-13(18-12)19(16,17)15-9-5-3-4-6-11(15)10-14/h7-8,11H,2-6,9-10H2,1H3. The maximum absolute atomic E-state index is 12.8. The smallest absolute Gasteiger partial charge is 0.206 e. The van der Waals surface area contributed by atoms with E-state index in [0.717, 1.165) is 42.3 Å². The lowest BCUT2D eigenvalue weighted by Gasteiger charge is -2.27. The van der Waals surface area contributed by atoms with Crippen LogP contribution in [0.5, 0.6) is 0 Å². The van der Waals surface area contributed by atoms with Crippen LogP contribution in [0.1, 0.15) is 37.5 Å². The fraction of sp³-hybridized carbons (Fsp3) is 0.692. The monoisotopic (exact) mass is 365 g/mol. The van der Waals surface area contributed by atoms with Gasteiger partial charge >= 0.3 is 0 Å². The van der Waals surface area contributed by atoms with Gasteiger partial charge in [-0.1, -0.05) is 35.7 Å². The van der Waals surface area contributed by atoms with Crippen LogP contribution in [0, 0.1) is 0 Å². The highest BCUT2D eigenvalue weighted by Gasteiger charge is 2.32. The first-order chi connectivity index (χ1) is 9.09. The largest absolute Gasteiger partial charge is 0.252 e. The van der Waals surface area contributed by atoms with Crippen molar-refractivity contribution >= 4 is 37.3 Å². The Morgan fingerprint density at radius 1 is 1.37 bits per heavy atom. The van der Waals surface area contributed by atoms with Crippen molar-refractivity contribution in [2.45, 2.75) is 49.3 Å². The number of nitrogens with zero attached hydrogens (tertiary/aromatic N) is 1. The fourth-order valence-corrected chi connectivity index (χ4v) is 6.41. The first kappa shape index (κ1) is 15.5. The van der Waals surface area contributed by atoms with E-state index in [1.54, 1.807) is 10.4 Å². The molecular weight excluding hydrogens is 346 g/mol. The Kier molecular flexibility index (Phi) is 5.45. The highest BCUT2D eigenvalue weighted by Crippen LogP contribution is 2.30. The molecule has 0 bridgehead atoms. The second-order valence-corrected chi connectivity index (χ2v) is 8.78. The molecule has 6 heteroatoms. The van der Waals surface area contributed by atoms with E-state index in [1.165, 1.54) is 11.3 Å². The van der Waals surface area contributed by atoms with Crippen LogP contribution in [0.4, 0.5) is 0 Å². The number of halogens is 1. The quantitative estimate of drug-likeness (QED) is 0.763. The van der Waals surface area contributed by atoms with Gasteiger partial charge in [0.25, 0.3) is 10.0 Å². The van der Waals surface area contributed by atoms with E-state index in [1.807, 2.05) is 6.07 Å². The topological polar surface area (TPSA) is 37.4 Å². The summed E-state index contributed by atoms with van der Waals surface area (Å²) in [5.74, 6) is 0. The molecule has 1 unspecified atom stereocenters. The van der Waals surface area contributed by atoms with Gasteiger partial charge in [0.05, 0.1) is 0 Å². The molecule has 0 saturated carbocycles. The van der Waals surface area contributed by atoms with Gasteiger partial charge in [-0.25, -0.2) is 8.42 Å². The number of aryl methyl sites for hydroxylation is 1. The van der Waals surface area contributed by atoms with Gasteiger partial charge in [0.2, 0.25) is 0 Å². The maximum atomic E-state index is 12.8. The number of thiophene rings is 1. The van der Waals surface area contributed by atoms with Crippen molar-refractivity contribution in [3.05, 3.63) is 17.0 Å². The molecule has 1 aliphatic heterocycles. The molecule has 0 aromatic carbocycles. The molecule has 1 aromatic heterocycles.